The highest BCUT2D eigenvalue weighted by atomic mass is 16.3. The molecule has 386 valence electrons. The highest BCUT2D eigenvalue weighted by Crippen LogP contribution is 2.17. The second kappa shape index (κ2) is 54.0. The van der Waals surface area contributed by atoms with Gasteiger partial charge in [-0.1, -0.05) is 248 Å². The fourth-order valence-corrected chi connectivity index (χ4v) is 8.64. The molecule has 0 radical (unpaired) electrons. The minimum atomic E-state index is -1.30. The lowest BCUT2D eigenvalue weighted by atomic mass is 10.00. The van der Waals surface area contributed by atoms with Crippen LogP contribution in [-0.4, -0.2) is 57.3 Å². The van der Waals surface area contributed by atoms with Gasteiger partial charge in [-0.25, -0.2) is 0 Å². The van der Waals surface area contributed by atoms with E-state index in [9.17, 15) is 25.2 Å². The topological polar surface area (TPSA) is 110 Å². The number of unbranched alkanes of at least 4 members (excludes halogenated alkanes) is 33. The van der Waals surface area contributed by atoms with E-state index in [-0.39, 0.29) is 0 Å². The van der Waals surface area contributed by atoms with Gasteiger partial charge < -0.3 is 25.7 Å². The summed E-state index contributed by atoms with van der Waals surface area (Å²) >= 11 is 0. The van der Waals surface area contributed by atoms with Crippen LogP contribution in [0.2, 0.25) is 0 Å². The van der Waals surface area contributed by atoms with Crippen LogP contribution in [-0.2, 0) is 4.79 Å². The highest BCUT2D eigenvalue weighted by molar-refractivity contribution is 5.80. The molecule has 0 spiro atoms. The average Bonchev–Trinajstić information content (AvgIpc) is 3.32. The first-order valence-electron chi connectivity index (χ1n) is 28.7. The molecule has 0 bridgehead atoms. The van der Waals surface area contributed by atoms with Crippen LogP contribution in [0, 0.1) is 0 Å². The monoisotopic (exact) mass is 926 g/mol. The molecule has 0 aromatic carbocycles. The molecule has 5 N–H and O–H groups in total. The lowest BCUT2D eigenvalue weighted by Crippen LogP contribution is -2.53. The zero-order valence-corrected chi connectivity index (χ0v) is 43.7. The molecule has 6 nitrogen and oxygen atoms in total. The SMILES string of the molecule is CCCCCCC/C=C/CC/C=C/CC/C=C/CCCC(O)C(O)C(CO)NC(=O)C(O)CCCCCCCCCCCCCCCCCC/C=C\C/C=C\CCCCCCCCCCC. The largest absolute Gasteiger partial charge is 0.394 e. The van der Waals surface area contributed by atoms with Crippen LogP contribution in [0.4, 0.5) is 0 Å². The van der Waals surface area contributed by atoms with Crippen molar-refractivity contribution in [2.24, 2.45) is 0 Å². The van der Waals surface area contributed by atoms with Crippen LogP contribution in [0.15, 0.2) is 60.8 Å². The van der Waals surface area contributed by atoms with Crippen molar-refractivity contribution in [1.82, 2.24) is 5.32 Å². The smallest absolute Gasteiger partial charge is 0.249 e. The maximum atomic E-state index is 12.6. The molecular weight excluding hydrogens is 815 g/mol. The van der Waals surface area contributed by atoms with Crippen LogP contribution in [0.1, 0.15) is 284 Å². The molecule has 1 amide bonds. The summed E-state index contributed by atoms with van der Waals surface area (Å²) in [5, 5.41) is 43.9. The standard InChI is InChI=1S/C60H111NO5/c1-3-5-7-9-11-13-15-17-19-21-23-24-25-26-27-28-29-30-31-32-33-34-35-36-38-40-42-44-46-48-50-52-54-58(64)60(66)61-56(55-62)59(65)57(63)53-51-49-47-45-43-41-39-37-22-20-18-16-14-12-10-8-6-4-2/h16,18,23-24,26-27,37,39,45,47,56-59,62-65H,3-15,17,19-22,25,28-36,38,40-44,46,48-55H2,1-2H3,(H,61,66)/b18-16+,24-23-,27-26-,39-37+,47-45+. The molecule has 0 aliphatic carbocycles. The van der Waals surface area contributed by atoms with Gasteiger partial charge in [-0.15, -0.1) is 0 Å². The number of hydrogen-bond donors (Lipinski definition) is 5. The number of carbonyl (C=O) groups is 1. The second-order valence-corrected chi connectivity index (χ2v) is 19.6. The predicted octanol–water partition coefficient (Wildman–Crippen LogP) is 16.8. The first-order valence-corrected chi connectivity index (χ1v) is 28.7. The van der Waals surface area contributed by atoms with Gasteiger partial charge in [0.05, 0.1) is 18.8 Å². The van der Waals surface area contributed by atoms with Gasteiger partial charge in [0.2, 0.25) is 5.91 Å². The van der Waals surface area contributed by atoms with E-state index in [2.05, 4.69) is 79.9 Å². The van der Waals surface area contributed by atoms with Crippen LogP contribution in [0.3, 0.4) is 0 Å². The third-order valence-corrected chi connectivity index (χ3v) is 13.2. The first kappa shape index (κ1) is 64.0. The minimum Gasteiger partial charge on any atom is -0.394 e. The number of nitrogens with one attached hydrogen (secondary N) is 1. The molecule has 0 heterocycles. The van der Waals surface area contributed by atoms with E-state index in [1.807, 2.05) is 0 Å². The van der Waals surface area contributed by atoms with Crippen molar-refractivity contribution in [3.05, 3.63) is 60.8 Å². The molecule has 0 aliphatic heterocycles. The van der Waals surface area contributed by atoms with Crippen LogP contribution >= 0.6 is 0 Å². The summed E-state index contributed by atoms with van der Waals surface area (Å²) in [5.74, 6) is -0.599. The summed E-state index contributed by atoms with van der Waals surface area (Å²) in [5.41, 5.74) is 0. The van der Waals surface area contributed by atoms with Crippen molar-refractivity contribution in [2.75, 3.05) is 6.61 Å². The van der Waals surface area contributed by atoms with E-state index in [4.69, 9.17) is 0 Å². The molecular formula is C60H111NO5. The molecule has 6 heteroatoms. The van der Waals surface area contributed by atoms with Gasteiger partial charge in [-0.3, -0.25) is 4.79 Å². The number of aliphatic hydroxyl groups excluding tert-OH is 4. The van der Waals surface area contributed by atoms with Gasteiger partial charge in [0.25, 0.3) is 0 Å². The Morgan fingerprint density at radius 1 is 0.379 bits per heavy atom. The fourth-order valence-electron chi connectivity index (χ4n) is 8.64. The molecule has 0 aromatic heterocycles. The molecule has 4 atom stereocenters. The fraction of sp³-hybridized carbons (Fsp3) is 0.817. The van der Waals surface area contributed by atoms with Crippen molar-refractivity contribution in [3.63, 3.8) is 0 Å². The second-order valence-electron chi connectivity index (χ2n) is 19.6. The Labute approximate surface area is 410 Å². The van der Waals surface area contributed by atoms with Crippen molar-refractivity contribution < 1.29 is 25.2 Å². The van der Waals surface area contributed by atoms with Gasteiger partial charge in [0, 0.05) is 0 Å². The number of rotatable bonds is 52. The summed E-state index contributed by atoms with van der Waals surface area (Å²) in [6.45, 7) is 4.04. The summed E-state index contributed by atoms with van der Waals surface area (Å²) in [6, 6.07) is -1.01. The molecule has 0 fully saturated rings. The summed E-state index contributed by atoms with van der Waals surface area (Å²) < 4.78 is 0. The highest BCUT2D eigenvalue weighted by Gasteiger charge is 2.28. The summed E-state index contributed by atoms with van der Waals surface area (Å²) in [6.07, 6.45) is 70.1. The zero-order valence-electron chi connectivity index (χ0n) is 43.7. The van der Waals surface area contributed by atoms with Crippen LogP contribution < -0.4 is 5.32 Å². The average molecular weight is 927 g/mol. The van der Waals surface area contributed by atoms with Crippen molar-refractivity contribution >= 4 is 5.91 Å². The Hall–Kier alpha value is -1.99. The minimum absolute atomic E-state index is 0.357. The number of amides is 1. The van der Waals surface area contributed by atoms with Gasteiger partial charge in [-0.05, 0) is 96.3 Å². The molecule has 0 rings (SSSR count). The third kappa shape index (κ3) is 47.1. The Morgan fingerprint density at radius 3 is 1.05 bits per heavy atom. The molecule has 0 aliphatic rings. The van der Waals surface area contributed by atoms with Crippen LogP contribution in [0.5, 0.6) is 0 Å². The number of hydrogen-bond acceptors (Lipinski definition) is 5. The lowest BCUT2D eigenvalue weighted by Gasteiger charge is -2.27. The number of aliphatic hydroxyl groups is 4. The van der Waals surface area contributed by atoms with Crippen molar-refractivity contribution in [1.29, 1.82) is 0 Å². The number of carbonyl (C=O) groups excluding carboxylic acids is 1. The Kier molecular flexibility index (Phi) is 52.3. The maximum absolute atomic E-state index is 12.6. The van der Waals surface area contributed by atoms with E-state index in [1.165, 1.54) is 193 Å². The van der Waals surface area contributed by atoms with Gasteiger partial charge in [0.1, 0.15) is 12.2 Å². The summed E-state index contributed by atoms with van der Waals surface area (Å²) in [4.78, 5) is 12.6. The Balaban J connectivity index is 3.65. The van der Waals surface area contributed by atoms with Crippen LogP contribution in [0.25, 0.3) is 0 Å². The van der Waals surface area contributed by atoms with E-state index >= 15 is 0 Å². The normalized spacial score (nSPS) is 14.2. The third-order valence-electron chi connectivity index (χ3n) is 13.2. The van der Waals surface area contributed by atoms with E-state index in [0.29, 0.717) is 19.3 Å². The molecule has 0 saturated carbocycles. The van der Waals surface area contributed by atoms with Crippen molar-refractivity contribution in [2.45, 2.75) is 308 Å². The molecule has 66 heavy (non-hydrogen) atoms. The van der Waals surface area contributed by atoms with Gasteiger partial charge in [0.15, 0.2) is 0 Å². The van der Waals surface area contributed by atoms with E-state index in [1.54, 1.807) is 0 Å². The molecule has 0 saturated heterocycles. The van der Waals surface area contributed by atoms with E-state index < -0.39 is 36.9 Å². The maximum Gasteiger partial charge on any atom is 0.249 e. The molecule has 4 unspecified atom stereocenters. The zero-order chi connectivity index (χ0) is 48.1. The summed E-state index contributed by atoms with van der Waals surface area (Å²) in [7, 11) is 0. The lowest BCUT2D eigenvalue weighted by molar-refractivity contribution is -0.132. The first-order chi connectivity index (χ1) is 32.5. The Morgan fingerprint density at radius 2 is 0.682 bits per heavy atom. The molecule has 0 aromatic rings. The number of allylic oxidation sites excluding steroid dienone is 10. The van der Waals surface area contributed by atoms with E-state index in [0.717, 1.165) is 57.8 Å². The quantitative estimate of drug-likeness (QED) is 0.0308. The van der Waals surface area contributed by atoms with Gasteiger partial charge in [-0.2, -0.15) is 0 Å². The Bertz CT molecular complexity index is 1130. The van der Waals surface area contributed by atoms with Crippen molar-refractivity contribution in [3.8, 4) is 0 Å². The van der Waals surface area contributed by atoms with Gasteiger partial charge >= 0.3 is 0 Å². The predicted molar refractivity (Wildman–Crippen MR) is 288 cm³/mol.